The predicted octanol–water partition coefficient (Wildman–Crippen LogP) is 3.19. The quantitative estimate of drug-likeness (QED) is 0.848. The van der Waals surface area contributed by atoms with E-state index < -0.39 is 9.84 Å². The Bertz CT molecular complexity index is 831. The fourth-order valence-electron chi connectivity index (χ4n) is 1.74. The molecule has 0 saturated heterocycles. The zero-order chi connectivity index (χ0) is 16.2. The molecule has 0 unspecified atom stereocenters. The Morgan fingerprint density at radius 1 is 1.45 bits per heavy atom. The lowest BCUT2D eigenvalue weighted by Crippen LogP contribution is -2.01. The molecule has 5 nitrogen and oxygen atoms in total. The van der Waals surface area contributed by atoms with Crippen LogP contribution in [0, 0.1) is 11.3 Å². The van der Waals surface area contributed by atoms with Gasteiger partial charge in [-0.15, -0.1) is 11.3 Å². The van der Waals surface area contributed by atoms with Crippen molar-refractivity contribution in [3.05, 3.63) is 46.2 Å². The molecule has 1 N–H and O–H groups in total. The first-order chi connectivity index (χ1) is 10.5. The lowest BCUT2D eigenvalue weighted by molar-refractivity contribution is 0.318. The molecule has 1 heterocycles. The monoisotopic (exact) mass is 335 g/mol. The average Bonchev–Trinajstić information content (AvgIpc) is 3.03. The van der Waals surface area contributed by atoms with Gasteiger partial charge in [0.15, 0.2) is 16.4 Å². The molecule has 2 aromatic rings. The lowest BCUT2D eigenvalue weighted by Gasteiger charge is -2.06. The second kappa shape index (κ2) is 6.64. The van der Waals surface area contributed by atoms with Crippen LogP contribution >= 0.6 is 11.3 Å². The minimum absolute atomic E-state index is 0.0429. The van der Waals surface area contributed by atoms with Gasteiger partial charge >= 0.3 is 0 Å². The summed E-state index contributed by atoms with van der Waals surface area (Å²) in [6.07, 6.45) is 1.26. The average molecular weight is 335 g/mol. The van der Waals surface area contributed by atoms with Crippen LogP contribution in [0.2, 0.25) is 0 Å². The van der Waals surface area contributed by atoms with Gasteiger partial charge in [0.1, 0.15) is 10.3 Å². The van der Waals surface area contributed by atoms with Gasteiger partial charge in [0, 0.05) is 0 Å². The lowest BCUT2D eigenvalue weighted by atomic mass is 10.2. The van der Waals surface area contributed by atoms with Crippen LogP contribution in [0.25, 0.3) is 6.08 Å². The first-order valence-electron chi connectivity index (χ1n) is 6.35. The van der Waals surface area contributed by atoms with E-state index in [1.165, 1.54) is 30.3 Å². The van der Waals surface area contributed by atoms with Gasteiger partial charge in [0.05, 0.1) is 6.61 Å². The van der Waals surface area contributed by atoms with Crippen LogP contribution in [0.4, 0.5) is 0 Å². The topological polar surface area (TPSA) is 87.4 Å². The summed E-state index contributed by atoms with van der Waals surface area (Å²) in [5, 5.41) is 20.5. The molecule has 0 atom stereocenters. The summed E-state index contributed by atoms with van der Waals surface area (Å²) in [4.78, 5) is -0.358. The SMILES string of the molecule is CCOc1cc(/C=C(\C#N)S(=O)(=O)c2cccs2)ccc1O. The zero-order valence-corrected chi connectivity index (χ0v) is 13.3. The van der Waals surface area contributed by atoms with Gasteiger partial charge in [-0.1, -0.05) is 12.1 Å². The highest BCUT2D eigenvalue weighted by Gasteiger charge is 2.21. The summed E-state index contributed by atoms with van der Waals surface area (Å²) < 4.78 is 30.0. The minimum Gasteiger partial charge on any atom is -0.504 e. The molecule has 0 aliphatic carbocycles. The number of thiophene rings is 1. The summed E-state index contributed by atoms with van der Waals surface area (Å²) in [6, 6.07) is 9.18. The molecule has 0 bridgehead atoms. The van der Waals surface area contributed by atoms with E-state index in [9.17, 15) is 18.8 Å². The van der Waals surface area contributed by atoms with Gasteiger partial charge in [-0.25, -0.2) is 8.42 Å². The van der Waals surface area contributed by atoms with E-state index in [4.69, 9.17) is 4.74 Å². The number of ether oxygens (including phenoxy) is 1. The highest BCUT2D eigenvalue weighted by atomic mass is 32.2. The van der Waals surface area contributed by atoms with Crippen LogP contribution in [-0.4, -0.2) is 20.1 Å². The Hall–Kier alpha value is -2.30. The van der Waals surface area contributed by atoms with Crippen LogP contribution in [0.3, 0.4) is 0 Å². The third-order valence-corrected chi connectivity index (χ3v) is 5.80. The van der Waals surface area contributed by atoms with Crippen LogP contribution in [0.15, 0.2) is 44.8 Å². The molecule has 0 saturated carbocycles. The highest BCUT2D eigenvalue weighted by molar-refractivity contribution is 7.97. The summed E-state index contributed by atoms with van der Waals surface area (Å²) in [5.74, 6) is 0.195. The summed E-state index contributed by atoms with van der Waals surface area (Å²) >= 11 is 1.05. The molecule has 0 fully saturated rings. The van der Waals surface area contributed by atoms with E-state index in [1.807, 2.05) is 0 Å². The number of hydrogen-bond acceptors (Lipinski definition) is 6. The van der Waals surface area contributed by atoms with Crippen molar-refractivity contribution < 1.29 is 18.3 Å². The first kappa shape index (κ1) is 16.1. The Kier molecular flexibility index (Phi) is 4.85. The fourth-order valence-corrected chi connectivity index (χ4v) is 4.01. The molecule has 22 heavy (non-hydrogen) atoms. The van der Waals surface area contributed by atoms with E-state index in [-0.39, 0.29) is 20.6 Å². The number of sulfone groups is 1. The van der Waals surface area contributed by atoms with Gasteiger partial charge in [-0.05, 0) is 42.1 Å². The van der Waals surface area contributed by atoms with Crippen molar-refractivity contribution in [2.75, 3.05) is 6.61 Å². The molecule has 0 aliphatic rings. The standard InChI is InChI=1S/C15H13NO4S2/c1-2-20-14-9-11(5-6-13(14)17)8-12(10-16)22(18,19)15-4-3-7-21-15/h3-9,17H,2H2,1H3/b12-8+. The molecular weight excluding hydrogens is 322 g/mol. The van der Waals surface area contributed by atoms with Crippen molar-refractivity contribution in [1.29, 1.82) is 5.26 Å². The number of hydrogen-bond donors (Lipinski definition) is 1. The Morgan fingerprint density at radius 3 is 2.82 bits per heavy atom. The van der Waals surface area contributed by atoms with Crippen molar-refractivity contribution in [3.8, 4) is 17.6 Å². The smallest absolute Gasteiger partial charge is 0.226 e. The van der Waals surface area contributed by atoms with Gasteiger partial charge in [-0.2, -0.15) is 5.26 Å². The maximum Gasteiger partial charge on any atom is 0.226 e. The van der Waals surface area contributed by atoms with Crippen molar-refractivity contribution >= 4 is 27.3 Å². The van der Waals surface area contributed by atoms with E-state index in [2.05, 4.69) is 0 Å². The number of aromatic hydroxyl groups is 1. The Labute approximate surface area is 132 Å². The third kappa shape index (κ3) is 3.30. The van der Waals surface area contributed by atoms with Crippen LogP contribution in [-0.2, 0) is 9.84 Å². The minimum atomic E-state index is -3.83. The van der Waals surface area contributed by atoms with Gasteiger partial charge < -0.3 is 9.84 Å². The summed E-state index contributed by atoms with van der Waals surface area (Å²) in [5.41, 5.74) is 0.456. The maximum atomic E-state index is 12.3. The number of nitrogens with zero attached hydrogens (tertiary/aromatic N) is 1. The molecule has 0 spiro atoms. The number of phenolic OH excluding ortho intramolecular Hbond substituents is 1. The second-order valence-electron chi connectivity index (χ2n) is 4.22. The van der Waals surface area contributed by atoms with Gasteiger partial charge in [0.2, 0.25) is 9.84 Å². The number of benzene rings is 1. The predicted molar refractivity (Wildman–Crippen MR) is 84.4 cm³/mol. The van der Waals surface area contributed by atoms with E-state index in [0.717, 1.165) is 11.3 Å². The normalized spacial score (nSPS) is 11.9. The van der Waals surface area contributed by atoms with Crippen LogP contribution in [0.1, 0.15) is 12.5 Å². The molecular formula is C15H13NO4S2. The maximum absolute atomic E-state index is 12.3. The number of nitriles is 1. The van der Waals surface area contributed by atoms with Crippen LogP contribution < -0.4 is 4.74 Å². The fraction of sp³-hybridized carbons (Fsp3) is 0.133. The number of phenols is 1. The number of rotatable bonds is 5. The highest BCUT2D eigenvalue weighted by Crippen LogP contribution is 2.29. The second-order valence-corrected chi connectivity index (χ2v) is 7.31. The van der Waals surface area contributed by atoms with E-state index in [1.54, 1.807) is 24.4 Å². The largest absolute Gasteiger partial charge is 0.504 e. The van der Waals surface area contributed by atoms with Crippen molar-refractivity contribution in [1.82, 2.24) is 0 Å². The molecule has 2 rings (SSSR count). The molecule has 114 valence electrons. The molecule has 1 aromatic heterocycles. The molecule has 0 amide bonds. The van der Waals surface area contributed by atoms with E-state index in [0.29, 0.717) is 12.2 Å². The van der Waals surface area contributed by atoms with Gasteiger partial charge in [-0.3, -0.25) is 0 Å². The van der Waals surface area contributed by atoms with Crippen molar-refractivity contribution in [2.24, 2.45) is 0 Å². The van der Waals surface area contributed by atoms with Crippen LogP contribution in [0.5, 0.6) is 11.5 Å². The Balaban J connectivity index is 2.46. The summed E-state index contributed by atoms with van der Waals surface area (Å²) in [6.45, 7) is 2.13. The van der Waals surface area contributed by atoms with E-state index >= 15 is 0 Å². The number of allylic oxidation sites excluding steroid dienone is 1. The molecule has 0 radical (unpaired) electrons. The third-order valence-electron chi connectivity index (χ3n) is 2.74. The zero-order valence-electron chi connectivity index (χ0n) is 11.7. The summed E-state index contributed by atoms with van der Waals surface area (Å²) in [7, 11) is -3.83. The molecule has 0 aliphatic heterocycles. The van der Waals surface area contributed by atoms with Crippen molar-refractivity contribution in [3.63, 3.8) is 0 Å². The first-order valence-corrected chi connectivity index (χ1v) is 8.71. The molecule has 7 heteroatoms. The Morgan fingerprint density at radius 2 is 2.23 bits per heavy atom. The molecule has 1 aromatic carbocycles. The van der Waals surface area contributed by atoms with Gasteiger partial charge in [0.25, 0.3) is 0 Å². The van der Waals surface area contributed by atoms with Crippen molar-refractivity contribution in [2.45, 2.75) is 11.1 Å².